The number of ether oxygens (including phenoxy) is 1. The predicted octanol–water partition coefficient (Wildman–Crippen LogP) is 1.63. The first kappa shape index (κ1) is 16.4. The van der Waals surface area contributed by atoms with Gasteiger partial charge in [0, 0.05) is 63.8 Å². The summed E-state index contributed by atoms with van der Waals surface area (Å²) in [5, 5.41) is 8.27. The van der Waals surface area contributed by atoms with Gasteiger partial charge in [0.1, 0.15) is 0 Å². The number of hydrogen-bond acceptors (Lipinski definition) is 5. The number of aryl methyl sites for hydroxylation is 1. The van der Waals surface area contributed by atoms with Crippen LogP contribution < -0.4 is 15.1 Å². The number of nitrogens with zero attached hydrogens (tertiary/aromatic N) is 4. The maximum absolute atomic E-state index is 5.49. The maximum atomic E-state index is 5.49. The third-order valence-electron chi connectivity index (χ3n) is 5.14. The molecule has 3 heterocycles. The Morgan fingerprint density at radius 3 is 2.76 bits per heavy atom. The molecule has 0 spiro atoms. The Labute approximate surface area is 149 Å². The quantitative estimate of drug-likeness (QED) is 0.896. The second kappa shape index (κ2) is 7.45. The van der Waals surface area contributed by atoms with E-state index in [1.807, 2.05) is 17.9 Å². The fraction of sp³-hybridized carbons (Fsp3) is 0.526. The van der Waals surface area contributed by atoms with E-state index < -0.39 is 0 Å². The summed E-state index contributed by atoms with van der Waals surface area (Å²) in [6, 6.07) is 11.3. The molecule has 2 fully saturated rings. The van der Waals surface area contributed by atoms with Gasteiger partial charge in [0.05, 0.1) is 13.2 Å². The summed E-state index contributed by atoms with van der Waals surface area (Å²) in [5.74, 6) is 1.08. The van der Waals surface area contributed by atoms with Crippen LogP contribution in [0.5, 0.6) is 0 Å². The molecular weight excluding hydrogens is 314 g/mol. The third-order valence-corrected chi connectivity index (χ3v) is 5.14. The lowest BCUT2D eigenvalue weighted by Crippen LogP contribution is -2.37. The largest absolute Gasteiger partial charge is 0.378 e. The van der Waals surface area contributed by atoms with Gasteiger partial charge in [-0.15, -0.1) is 0 Å². The third kappa shape index (κ3) is 3.80. The molecule has 1 aromatic carbocycles. The molecule has 0 radical (unpaired) electrons. The van der Waals surface area contributed by atoms with Crippen LogP contribution in [0.15, 0.2) is 36.5 Å². The Bertz CT molecular complexity index is 695. The summed E-state index contributed by atoms with van der Waals surface area (Å²) in [6.07, 6.45) is 3.17. The highest BCUT2D eigenvalue weighted by atomic mass is 16.5. The van der Waals surface area contributed by atoms with Gasteiger partial charge in [-0.25, -0.2) is 0 Å². The van der Waals surface area contributed by atoms with Crippen LogP contribution in [-0.2, 0) is 18.3 Å². The van der Waals surface area contributed by atoms with Crippen molar-refractivity contribution in [3.05, 3.63) is 42.1 Å². The summed E-state index contributed by atoms with van der Waals surface area (Å²) in [7, 11) is 1.97. The Morgan fingerprint density at radius 1 is 1.12 bits per heavy atom. The fourth-order valence-electron chi connectivity index (χ4n) is 3.73. The van der Waals surface area contributed by atoms with Crippen molar-refractivity contribution >= 4 is 11.5 Å². The van der Waals surface area contributed by atoms with E-state index in [-0.39, 0.29) is 0 Å². The first-order valence-corrected chi connectivity index (χ1v) is 9.18. The van der Waals surface area contributed by atoms with Crippen molar-refractivity contribution < 1.29 is 4.74 Å². The highest BCUT2D eigenvalue weighted by Crippen LogP contribution is 2.23. The zero-order valence-electron chi connectivity index (χ0n) is 14.9. The Balaban J connectivity index is 1.36. The Morgan fingerprint density at radius 2 is 1.96 bits per heavy atom. The van der Waals surface area contributed by atoms with E-state index in [1.54, 1.807) is 0 Å². The number of aromatic nitrogens is 2. The lowest BCUT2D eigenvalue weighted by molar-refractivity contribution is 0.122. The van der Waals surface area contributed by atoms with Gasteiger partial charge in [-0.2, -0.15) is 5.10 Å². The fourth-order valence-corrected chi connectivity index (χ4v) is 3.73. The first-order valence-electron chi connectivity index (χ1n) is 9.18. The van der Waals surface area contributed by atoms with Crippen LogP contribution >= 0.6 is 0 Å². The molecule has 0 bridgehead atoms. The smallest absolute Gasteiger partial charge is 0.150 e. The number of nitrogens with one attached hydrogen (secondary N) is 1. The summed E-state index contributed by atoms with van der Waals surface area (Å²) < 4.78 is 7.36. The van der Waals surface area contributed by atoms with Crippen LogP contribution in [0.2, 0.25) is 0 Å². The molecule has 2 aromatic rings. The van der Waals surface area contributed by atoms with Crippen molar-refractivity contribution in [1.29, 1.82) is 0 Å². The minimum absolute atomic E-state index is 0.514. The van der Waals surface area contributed by atoms with Crippen LogP contribution in [0.3, 0.4) is 0 Å². The molecule has 2 aliphatic rings. The highest BCUT2D eigenvalue weighted by molar-refractivity contribution is 5.54. The zero-order valence-corrected chi connectivity index (χ0v) is 14.9. The van der Waals surface area contributed by atoms with Crippen LogP contribution in [0.1, 0.15) is 12.0 Å². The van der Waals surface area contributed by atoms with Gasteiger partial charge in [0.2, 0.25) is 0 Å². The van der Waals surface area contributed by atoms with Crippen LogP contribution in [0, 0.1) is 0 Å². The van der Waals surface area contributed by atoms with Crippen molar-refractivity contribution in [3.8, 4) is 0 Å². The van der Waals surface area contributed by atoms with Gasteiger partial charge in [-0.1, -0.05) is 18.2 Å². The Hall–Kier alpha value is -2.05. The van der Waals surface area contributed by atoms with Crippen molar-refractivity contribution in [2.75, 3.05) is 49.2 Å². The highest BCUT2D eigenvalue weighted by Gasteiger charge is 2.24. The lowest BCUT2D eigenvalue weighted by Gasteiger charge is -2.31. The molecular formula is C19H27N5O. The lowest BCUT2D eigenvalue weighted by atomic mass is 10.1. The molecule has 2 aliphatic heterocycles. The van der Waals surface area contributed by atoms with Crippen molar-refractivity contribution in [3.63, 3.8) is 0 Å². The van der Waals surface area contributed by atoms with E-state index in [2.05, 4.69) is 50.5 Å². The number of rotatable bonds is 5. The molecule has 25 heavy (non-hydrogen) atoms. The van der Waals surface area contributed by atoms with Crippen LogP contribution in [0.4, 0.5) is 11.5 Å². The van der Waals surface area contributed by atoms with Crippen LogP contribution in [-0.4, -0.2) is 55.2 Å². The molecule has 4 rings (SSSR count). The minimum Gasteiger partial charge on any atom is -0.378 e. The SMILES string of the molecule is Cn1ccc(N2CCC(NCc3ccccc3N3CCOCC3)C2)n1. The van der Waals surface area contributed by atoms with Gasteiger partial charge in [-0.3, -0.25) is 4.68 Å². The average Bonchev–Trinajstić information content (AvgIpc) is 3.30. The van der Waals surface area contributed by atoms with Gasteiger partial charge in [0.25, 0.3) is 0 Å². The molecule has 1 atom stereocenters. The normalized spacial score (nSPS) is 21.1. The molecule has 1 aromatic heterocycles. The zero-order chi connectivity index (χ0) is 17.1. The van der Waals surface area contributed by atoms with E-state index >= 15 is 0 Å². The van der Waals surface area contributed by atoms with Gasteiger partial charge >= 0.3 is 0 Å². The minimum atomic E-state index is 0.514. The average molecular weight is 341 g/mol. The summed E-state index contributed by atoms with van der Waals surface area (Å²) in [5.41, 5.74) is 2.72. The van der Waals surface area contributed by atoms with E-state index in [1.165, 1.54) is 11.3 Å². The monoisotopic (exact) mass is 341 g/mol. The van der Waals surface area contributed by atoms with Crippen molar-refractivity contribution in [1.82, 2.24) is 15.1 Å². The number of para-hydroxylation sites is 1. The first-order chi connectivity index (χ1) is 12.3. The summed E-state index contributed by atoms with van der Waals surface area (Å²) in [4.78, 5) is 4.81. The van der Waals surface area contributed by atoms with E-state index in [9.17, 15) is 0 Å². The number of hydrogen-bond donors (Lipinski definition) is 1. The summed E-state index contributed by atoms with van der Waals surface area (Å²) in [6.45, 7) is 6.61. The molecule has 6 heteroatoms. The number of morpholine rings is 1. The molecule has 1 N–H and O–H groups in total. The molecule has 1 unspecified atom stereocenters. The number of anilines is 2. The Kier molecular flexibility index (Phi) is 4.90. The van der Waals surface area contributed by atoms with E-state index in [0.717, 1.165) is 58.2 Å². The topological polar surface area (TPSA) is 45.6 Å². The van der Waals surface area contributed by atoms with E-state index in [0.29, 0.717) is 6.04 Å². The number of benzene rings is 1. The van der Waals surface area contributed by atoms with Crippen LogP contribution in [0.25, 0.3) is 0 Å². The molecule has 0 aliphatic carbocycles. The molecule has 2 saturated heterocycles. The van der Waals surface area contributed by atoms with Gasteiger partial charge in [0.15, 0.2) is 5.82 Å². The van der Waals surface area contributed by atoms with E-state index in [4.69, 9.17) is 4.74 Å². The second-order valence-corrected chi connectivity index (χ2v) is 6.89. The predicted molar refractivity (Wildman–Crippen MR) is 100 cm³/mol. The van der Waals surface area contributed by atoms with Crippen molar-refractivity contribution in [2.45, 2.75) is 19.0 Å². The molecule has 6 nitrogen and oxygen atoms in total. The molecule has 134 valence electrons. The summed E-state index contributed by atoms with van der Waals surface area (Å²) >= 11 is 0. The maximum Gasteiger partial charge on any atom is 0.150 e. The van der Waals surface area contributed by atoms with Crippen molar-refractivity contribution in [2.24, 2.45) is 7.05 Å². The van der Waals surface area contributed by atoms with Gasteiger partial charge in [-0.05, 0) is 18.1 Å². The van der Waals surface area contributed by atoms with Gasteiger partial charge < -0.3 is 19.9 Å². The standard InChI is InChI=1S/C19H27N5O/c1-22-8-7-19(21-22)24-9-6-17(15-24)20-14-16-4-2-3-5-18(16)23-10-12-25-13-11-23/h2-5,7-8,17,20H,6,9-15H2,1H3. The second-order valence-electron chi connectivity index (χ2n) is 6.89. The molecule has 0 amide bonds. The molecule has 0 saturated carbocycles.